The first-order valence-corrected chi connectivity index (χ1v) is 7.19. The number of halogens is 3. The van der Waals surface area contributed by atoms with E-state index in [1.165, 1.54) is 18.5 Å². The van der Waals surface area contributed by atoms with E-state index < -0.39 is 12.1 Å². The van der Waals surface area contributed by atoms with Crippen LogP contribution in [0.1, 0.15) is 12.7 Å². The van der Waals surface area contributed by atoms with Gasteiger partial charge in [0.05, 0.1) is 15.6 Å². The van der Waals surface area contributed by atoms with Crippen molar-refractivity contribution in [3.8, 4) is 5.75 Å². The van der Waals surface area contributed by atoms with Crippen LogP contribution in [0, 0.1) is 0 Å². The van der Waals surface area contributed by atoms with Gasteiger partial charge in [0.25, 0.3) is 5.91 Å². The molecule has 2 aromatic rings. The van der Waals surface area contributed by atoms with Crippen LogP contribution in [0.15, 0.2) is 25.0 Å². The van der Waals surface area contributed by atoms with Gasteiger partial charge in [0.2, 0.25) is 0 Å². The average molecular weight is 362 g/mol. The lowest BCUT2D eigenvalue weighted by Gasteiger charge is -2.18. The number of amides is 1. The van der Waals surface area contributed by atoms with E-state index in [9.17, 15) is 4.79 Å². The van der Waals surface area contributed by atoms with Gasteiger partial charge in [-0.3, -0.25) is 9.89 Å². The molecule has 0 saturated carbocycles. The molecule has 0 saturated heterocycles. The Bertz CT molecular complexity index is 680. The van der Waals surface area contributed by atoms with Crippen molar-refractivity contribution >= 4 is 46.3 Å². The van der Waals surface area contributed by atoms with E-state index in [4.69, 9.17) is 39.5 Å². The van der Waals surface area contributed by atoms with E-state index in [1.807, 2.05) is 0 Å². The van der Waals surface area contributed by atoms with Gasteiger partial charge in [-0.1, -0.05) is 41.4 Å². The standard InChI is InChI=1S/C13H11Cl3N4O2/c1-6(12-17-5-18-20-12)13(21)19-7(2)22-11-9(15)3-8(14)4-10(11)16/h3-5,7H,1H2,2H3,(H,19,21)(H,17,18,20). The van der Waals surface area contributed by atoms with E-state index in [-0.39, 0.29) is 27.2 Å². The van der Waals surface area contributed by atoms with Crippen molar-refractivity contribution in [1.29, 1.82) is 0 Å². The molecule has 1 heterocycles. The molecule has 0 aliphatic carbocycles. The minimum absolute atomic E-state index is 0.102. The van der Waals surface area contributed by atoms with Gasteiger partial charge < -0.3 is 10.1 Å². The fourth-order valence-corrected chi connectivity index (χ4v) is 2.48. The maximum atomic E-state index is 12.0. The second-order valence-electron chi connectivity index (χ2n) is 4.23. The highest BCUT2D eigenvalue weighted by Crippen LogP contribution is 2.36. The SMILES string of the molecule is C=C(C(=O)NC(C)Oc1c(Cl)cc(Cl)cc1Cl)c1nc[nH]n1. The highest BCUT2D eigenvalue weighted by Gasteiger charge is 2.18. The second kappa shape index (κ2) is 7.00. The molecule has 1 unspecified atom stereocenters. The lowest BCUT2D eigenvalue weighted by atomic mass is 10.2. The van der Waals surface area contributed by atoms with Crippen LogP contribution in [-0.2, 0) is 4.79 Å². The van der Waals surface area contributed by atoms with E-state index >= 15 is 0 Å². The molecule has 1 atom stereocenters. The Morgan fingerprint density at radius 1 is 1.36 bits per heavy atom. The molecule has 1 amide bonds. The molecule has 0 aliphatic rings. The smallest absolute Gasteiger partial charge is 0.257 e. The number of aromatic amines is 1. The molecule has 2 rings (SSSR count). The van der Waals surface area contributed by atoms with E-state index in [1.54, 1.807) is 6.92 Å². The minimum Gasteiger partial charge on any atom is -0.468 e. The summed E-state index contributed by atoms with van der Waals surface area (Å²) < 4.78 is 5.52. The third-order valence-corrected chi connectivity index (χ3v) is 3.33. The third kappa shape index (κ3) is 3.91. The van der Waals surface area contributed by atoms with Gasteiger partial charge in [0, 0.05) is 5.02 Å². The van der Waals surface area contributed by atoms with Gasteiger partial charge in [-0.2, -0.15) is 5.10 Å². The summed E-state index contributed by atoms with van der Waals surface area (Å²) in [5.41, 5.74) is 0.102. The highest BCUT2D eigenvalue weighted by molar-refractivity contribution is 6.40. The fourth-order valence-electron chi connectivity index (χ4n) is 1.58. The third-order valence-electron chi connectivity index (χ3n) is 2.55. The molecular weight excluding hydrogens is 351 g/mol. The Balaban J connectivity index is 2.03. The zero-order valence-electron chi connectivity index (χ0n) is 11.4. The number of carbonyl (C=O) groups is 1. The molecule has 0 aliphatic heterocycles. The zero-order valence-corrected chi connectivity index (χ0v) is 13.6. The minimum atomic E-state index is -0.709. The summed E-state index contributed by atoms with van der Waals surface area (Å²) in [6, 6.07) is 2.98. The van der Waals surface area contributed by atoms with Crippen molar-refractivity contribution in [2.45, 2.75) is 13.2 Å². The Hall–Kier alpha value is -1.76. The molecule has 0 radical (unpaired) electrons. The van der Waals surface area contributed by atoms with Crippen LogP contribution >= 0.6 is 34.8 Å². The van der Waals surface area contributed by atoms with Gasteiger partial charge in [0.15, 0.2) is 17.8 Å². The first kappa shape index (κ1) is 16.6. The average Bonchev–Trinajstić information content (AvgIpc) is 2.95. The molecule has 9 heteroatoms. The number of hydrogen-bond acceptors (Lipinski definition) is 4. The quantitative estimate of drug-likeness (QED) is 0.632. The summed E-state index contributed by atoms with van der Waals surface area (Å²) in [6.45, 7) is 5.24. The lowest BCUT2D eigenvalue weighted by molar-refractivity contribution is -0.117. The molecule has 1 aromatic heterocycles. The van der Waals surface area contributed by atoms with Crippen LogP contribution in [-0.4, -0.2) is 27.3 Å². The van der Waals surface area contributed by atoms with Crippen molar-refractivity contribution in [3.63, 3.8) is 0 Å². The summed E-state index contributed by atoms with van der Waals surface area (Å²) in [5.74, 6) is -0.0513. The van der Waals surface area contributed by atoms with Crippen molar-refractivity contribution in [1.82, 2.24) is 20.5 Å². The molecule has 1 aromatic carbocycles. The Morgan fingerprint density at radius 3 is 2.55 bits per heavy atom. The molecule has 0 spiro atoms. The maximum absolute atomic E-state index is 12.0. The number of rotatable bonds is 5. The van der Waals surface area contributed by atoms with Gasteiger partial charge in [-0.15, -0.1) is 0 Å². The van der Waals surface area contributed by atoms with Crippen molar-refractivity contribution in [2.75, 3.05) is 0 Å². The maximum Gasteiger partial charge on any atom is 0.257 e. The first-order chi connectivity index (χ1) is 10.4. The van der Waals surface area contributed by atoms with Crippen LogP contribution in [0.3, 0.4) is 0 Å². The number of H-pyrrole nitrogens is 1. The van der Waals surface area contributed by atoms with Gasteiger partial charge in [-0.25, -0.2) is 4.98 Å². The van der Waals surface area contributed by atoms with Crippen LogP contribution in [0.2, 0.25) is 15.1 Å². The number of benzene rings is 1. The molecule has 0 fully saturated rings. The summed E-state index contributed by atoms with van der Waals surface area (Å²) in [7, 11) is 0. The summed E-state index contributed by atoms with van der Waals surface area (Å²) >= 11 is 17.8. The van der Waals surface area contributed by atoms with E-state index in [0.29, 0.717) is 5.02 Å². The van der Waals surface area contributed by atoms with Crippen molar-refractivity contribution < 1.29 is 9.53 Å². The molecule has 2 N–H and O–H groups in total. The van der Waals surface area contributed by atoms with Crippen LogP contribution in [0.4, 0.5) is 0 Å². The molecule has 6 nitrogen and oxygen atoms in total. The van der Waals surface area contributed by atoms with Crippen LogP contribution in [0.5, 0.6) is 5.75 Å². The van der Waals surface area contributed by atoms with Crippen molar-refractivity contribution in [3.05, 3.63) is 45.9 Å². The Labute approximate surface area is 141 Å². The molecule has 116 valence electrons. The van der Waals surface area contributed by atoms with E-state index in [0.717, 1.165) is 0 Å². The largest absolute Gasteiger partial charge is 0.468 e. The van der Waals surface area contributed by atoms with Gasteiger partial charge in [-0.05, 0) is 19.1 Å². The lowest BCUT2D eigenvalue weighted by Crippen LogP contribution is -2.37. The fraction of sp³-hybridized carbons (Fsp3) is 0.154. The topological polar surface area (TPSA) is 79.9 Å². The number of aromatic nitrogens is 3. The van der Waals surface area contributed by atoms with Crippen LogP contribution < -0.4 is 10.1 Å². The van der Waals surface area contributed by atoms with Crippen molar-refractivity contribution in [2.24, 2.45) is 0 Å². The summed E-state index contributed by atoms with van der Waals surface area (Å²) in [5, 5.41) is 9.72. The number of ether oxygens (including phenoxy) is 1. The van der Waals surface area contributed by atoms with Gasteiger partial charge in [0.1, 0.15) is 6.33 Å². The number of hydrogen-bond donors (Lipinski definition) is 2. The summed E-state index contributed by atoms with van der Waals surface area (Å²) in [6.07, 6.45) is 0.639. The van der Waals surface area contributed by atoms with Crippen LogP contribution in [0.25, 0.3) is 5.57 Å². The predicted molar refractivity (Wildman–Crippen MR) is 85.1 cm³/mol. The monoisotopic (exact) mass is 360 g/mol. The Kier molecular flexibility index (Phi) is 5.28. The second-order valence-corrected chi connectivity index (χ2v) is 5.48. The Morgan fingerprint density at radius 2 is 2.00 bits per heavy atom. The molecular formula is C13H11Cl3N4O2. The van der Waals surface area contributed by atoms with Gasteiger partial charge >= 0.3 is 0 Å². The zero-order chi connectivity index (χ0) is 16.3. The highest BCUT2D eigenvalue weighted by atomic mass is 35.5. The summed E-state index contributed by atoms with van der Waals surface area (Å²) in [4.78, 5) is 15.8. The van der Waals surface area contributed by atoms with E-state index in [2.05, 4.69) is 27.1 Å². The number of nitrogens with zero attached hydrogens (tertiary/aromatic N) is 2. The number of nitrogens with one attached hydrogen (secondary N) is 2. The molecule has 22 heavy (non-hydrogen) atoms. The molecule has 0 bridgehead atoms. The predicted octanol–water partition coefficient (Wildman–Crippen LogP) is 3.32. The number of carbonyl (C=O) groups excluding carboxylic acids is 1. The normalized spacial score (nSPS) is 11.8. The first-order valence-electron chi connectivity index (χ1n) is 6.05.